The van der Waals surface area contributed by atoms with Crippen molar-refractivity contribution in [2.24, 2.45) is 5.73 Å². The van der Waals surface area contributed by atoms with Crippen molar-refractivity contribution in [3.05, 3.63) is 28.2 Å². The van der Waals surface area contributed by atoms with Gasteiger partial charge in [-0.05, 0) is 18.2 Å². The van der Waals surface area contributed by atoms with Gasteiger partial charge in [0.1, 0.15) is 5.75 Å². The van der Waals surface area contributed by atoms with Crippen LogP contribution in [0, 0.1) is 0 Å². The van der Waals surface area contributed by atoms with Crippen LogP contribution in [0.25, 0.3) is 0 Å². The van der Waals surface area contributed by atoms with Gasteiger partial charge in [0, 0.05) is 10.0 Å². The van der Waals surface area contributed by atoms with Gasteiger partial charge in [0.25, 0.3) is 0 Å². The molecule has 0 radical (unpaired) electrons. The van der Waals surface area contributed by atoms with E-state index in [2.05, 4.69) is 20.7 Å². The lowest BCUT2D eigenvalue weighted by atomic mass is 10.0. The molecular formula is C10H9BrClF6NO2. The first-order chi connectivity index (χ1) is 8.92. The first-order valence-corrected chi connectivity index (χ1v) is 5.76. The largest absolute Gasteiger partial charge is 0.573 e. The molecule has 0 heterocycles. The molecule has 3 nitrogen and oxygen atoms in total. The maximum absolute atomic E-state index is 12.4. The van der Waals surface area contributed by atoms with E-state index in [1.165, 1.54) is 0 Å². The number of hydrogen-bond acceptors (Lipinski definition) is 3. The van der Waals surface area contributed by atoms with Crippen LogP contribution in [0.5, 0.6) is 5.75 Å². The molecule has 0 spiro atoms. The van der Waals surface area contributed by atoms with Crippen LogP contribution in [0.15, 0.2) is 22.7 Å². The lowest BCUT2D eigenvalue weighted by Crippen LogP contribution is -2.39. The molecule has 0 amide bonds. The SMILES string of the molecule is Cl.N[C@H](c1cc(Br)ccc1OC(F)(F)F)[C@@H](O)C(F)(F)F. The third kappa shape index (κ3) is 5.89. The van der Waals surface area contributed by atoms with Crippen molar-refractivity contribution < 1.29 is 36.2 Å². The fourth-order valence-electron chi connectivity index (χ4n) is 1.37. The molecule has 11 heteroatoms. The van der Waals surface area contributed by atoms with Gasteiger partial charge in [-0.2, -0.15) is 13.2 Å². The van der Waals surface area contributed by atoms with Crippen molar-refractivity contribution in [3.63, 3.8) is 0 Å². The van der Waals surface area contributed by atoms with Gasteiger partial charge >= 0.3 is 12.5 Å². The molecule has 0 fully saturated rings. The molecule has 0 aromatic heterocycles. The highest BCUT2D eigenvalue weighted by Crippen LogP contribution is 2.36. The predicted molar refractivity (Wildman–Crippen MR) is 67.1 cm³/mol. The standard InChI is InChI=1S/C10H8BrF6NO2.ClH/c11-4-1-2-6(20-10(15,16)17)5(3-4)7(18)8(19)9(12,13)14;/h1-3,7-8,19H,18H2;1H/t7-,8-;/m1./s1. The summed E-state index contributed by atoms with van der Waals surface area (Å²) in [6, 6.07) is 0.734. The van der Waals surface area contributed by atoms with Crippen LogP contribution in [0.1, 0.15) is 11.6 Å². The summed E-state index contributed by atoms with van der Waals surface area (Å²) in [7, 11) is 0. The first kappa shape index (κ1) is 20.3. The normalized spacial score (nSPS) is 15.1. The molecule has 0 saturated heterocycles. The molecule has 0 saturated carbocycles. The molecule has 0 unspecified atom stereocenters. The van der Waals surface area contributed by atoms with E-state index in [0.717, 1.165) is 18.2 Å². The van der Waals surface area contributed by atoms with E-state index in [1.807, 2.05) is 0 Å². The van der Waals surface area contributed by atoms with Crippen molar-refractivity contribution in [1.29, 1.82) is 0 Å². The number of alkyl halides is 6. The van der Waals surface area contributed by atoms with Crippen molar-refractivity contribution in [2.75, 3.05) is 0 Å². The third-order valence-corrected chi connectivity index (χ3v) is 2.73. The van der Waals surface area contributed by atoms with Crippen LogP contribution in [-0.2, 0) is 0 Å². The van der Waals surface area contributed by atoms with E-state index in [-0.39, 0.29) is 16.9 Å². The second-order valence-corrected chi connectivity index (χ2v) is 4.66. The molecule has 122 valence electrons. The Labute approximate surface area is 129 Å². The minimum absolute atomic E-state index is 0. The zero-order chi connectivity index (χ0) is 15.7. The van der Waals surface area contributed by atoms with Gasteiger partial charge in [-0.15, -0.1) is 25.6 Å². The topological polar surface area (TPSA) is 55.5 Å². The summed E-state index contributed by atoms with van der Waals surface area (Å²) in [5.41, 5.74) is 4.55. The summed E-state index contributed by atoms with van der Waals surface area (Å²) in [5, 5.41) is 9.02. The number of halogens is 8. The predicted octanol–water partition coefficient (Wildman–Crippen LogP) is 3.69. The highest BCUT2D eigenvalue weighted by molar-refractivity contribution is 9.10. The Balaban J connectivity index is 0.00000400. The molecular weight excluding hydrogens is 395 g/mol. The quantitative estimate of drug-likeness (QED) is 0.756. The summed E-state index contributed by atoms with van der Waals surface area (Å²) in [5.74, 6) is -0.906. The smallest absolute Gasteiger partial charge is 0.405 e. The van der Waals surface area contributed by atoms with Crippen molar-refractivity contribution in [1.82, 2.24) is 0 Å². The summed E-state index contributed by atoms with van der Waals surface area (Å²) < 4.78 is 77.3. The Hall–Kier alpha value is -0.710. The van der Waals surface area contributed by atoms with Gasteiger partial charge in [0.15, 0.2) is 6.10 Å². The van der Waals surface area contributed by atoms with E-state index in [4.69, 9.17) is 10.8 Å². The average Bonchev–Trinajstić information content (AvgIpc) is 2.26. The number of hydrogen-bond donors (Lipinski definition) is 2. The maximum Gasteiger partial charge on any atom is 0.573 e. The van der Waals surface area contributed by atoms with Gasteiger partial charge in [-0.3, -0.25) is 0 Å². The van der Waals surface area contributed by atoms with Crippen LogP contribution in [-0.4, -0.2) is 23.7 Å². The highest BCUT2D eigenvalue weighted by Gasteiger charge is 2.44. The van der Waals surface area contributed by atoms with Crippen molar-refractivity contribution in [2.45, 2.75) is 24.7 Å². The van der Waals surface area contributed by atoms with Crippen LogP contribution in [0.2, 0.25) is 0 Å². The second kappa shape index (κ2) is 7.03. The Kier molecular flexibility index (Phi) is 6.80. The molecule has 21 heavy (non-hydrogen) atoms. The summed E-state index contributed by atoms with van der Waals surface area (Å²) >= 11 is 2.89. The van der Waals surface area contributed by atoms with Crippen LogP contribution in [0.4, 0.5) is 26.3 Å². The van der Waals surface area contributed by atoms with Gasteiger partial charge in [-0.1, -0.05) is 15.9 Å². The van der Waals surface area contributed by atoms with Gasteiger partial charge in [-0.25, -0.2) is 0 Å². The molecule has 0 bridgehead atoms. The molecule has 0 aliphatic rings. The Morgan fingerprint density at radius 3 is 2.10 bits per heavy atom. The molecule has 1 aromatic carbocycles. The zero-order valence-corrected chi connectivity index (χ0v) is 12.3. The van der Waals surface area contributed by atoms with E-state index in [9.17, 15) is 26.3 Å². The number of aliphatic hydroxyl groups excluding tert-OH is 1. The average molecular weight is 405 g/mol. The molecule has 3 N–H and O–H groups in total. The van der Waals surface area contributed by atoms with Gasteiger partial charge in [0.05, 0.1) is 6.04 Å². The lowest BCUT2D eigenvalue weighted by Gasteiger charge is -2.24. The molecule has 1 rings (SSSR count). The molecule has 1 aromatic rings. The Bertz CT molecular complexity index is 482. The van der Waals surface area contributed by atoms with E-state index in [0.29, 0.717) is 0 Å². The number of benzene rings is 1. The van der Waals surface area contributed by atoms with Gasteiger partial charge in [0.2, 0.25) is 0 Å². The number of aliphatic hydroxyl groups is 1. The monoisotopic (exact) mass is 403 g/mol. The lowest BCUT2D eigenvalue weighted by molar-refractivity contribution is -0.275. The van der Waals surface area contributed by atoms with Crippen molar-refractivity contribution >= 4 is 28.3 Å². The Morgan fingerprint density at radius 1 is 1.14 bits per heavy atom. The van der Waals surface area contributed by atoms with Crippen LogP contribution >= 0.6 is 28.3 Å². The minimum atomic E-state index is -5.09. The number of rotatable bonds is 3. The van der Waals surface area contributed by atoms with Gasteiger partial charge < -0.3 is 15.6 Å². The first-order valence-electron chi connectivity index (χ1n) is 4.97. The van der Waals surface area contributed by atoms with Crippen molar-refractivity contribution in [3.8, 4) is 5.75 Å². The summed E-state index contributed by atoms with van der Waals surface area (Å²) in [6.45, 7) is 0. The molecule has 2 atom stereocenters. The summed E-state index contributed by atoms with van der Waals surface area (Å²) in [6.07, 6.45) is -13.2. The molecule has 0 aliphatic carbocycles. The fraction of sp³-hybridized carbons (Fsp3) is 0.400. The number of nitrogens with two attached hydrogens (primary N) is 1. The summed E-state index contributed by atoms with van der Waals surface area (Å²) in [4.78, 5) is 0. The molecule has 0 aliphatic heterocycles. The second-order valence-electron chi connectivity index (χ2n) is 3.74. The third-order valence-electron chi connectivity index (χ3n) is 2.23. The van der Waals surface area contributed by atoms with Crippen LogP contribution in [0.3, 0.4) is 0 Å². The van der Waals surface area contributed by atoms with Crippen LogP contribution < -0.4 is 10.5 Å². The van der Waals surface area contributed by atoms with E-state index >= 15 is 0 Å². The van der Waals surface area contributed by atoms with E-state index in [1.54, 1.807) is 0 Å². The highest BCUT2D eigenvalue weighted by atomic mass is 79.9. The Morgan fingerprint density at radius 2 is 1.67 bits per heavy atom. The van der Waals surface area contributed by atoms with E-state index < -0.39 is 36.0 Å². The fourth-order valence-corrected chi connectivity index (χ4v) is 1.75. The minimum Gasteiger partial charge on any atom is -0.405 e. The number of ether oxygens (including phenoxy) is 1. The maximum atomic E-state index is 12.4. The zero-order valence-electron chi connectivity index (χ0n) is 9.87.